The van der Waals surface area contributed by atoms with Crippen LogP contribution in [0.15, 0.2) is 97.1 Å². The van der Waals surface area contributed by atoms with E-state index in [4.69, 9.17) is 0 Å². The monoisotopic (exact) mass is 514 g/mol. The molecule has 38 heavy (non-hydrogen) atoms. The molecule has 7 rings (SSSR count). The quantitative estimate of drug-likeness (QED) is 0.206. The first-order chi connectivity index (χ1) is 18.1. The van der Waals surface area contributed by atoms with Crippen LogP contribution in [0.2, 0.25) is 0 Å². The number of benzene rings is 5. The smallest absolute Gasteiger partial charge is 0.207 e. The van der Waals surface area contributed by atoms with Gasteiger partial charge in [0, 0.05) is 22.3 Å². The third kappa shape index (κ3) is 3.13. The van der Waals surface area contributed by atoms with Crippen molar-refractivity contribution in [3.63, 3.8) is 0 Å². The minimum atomic E-state index is -3.40. The molecule has 0 saturated carbocycles. The third-order valence-corrected chi connectivity index (χ3v) is 7.49. The van der Waals surface area contributed by atoms with Gasteiger partial charge in [0.1, 0.15) is 11.6 Å². The maximum Gasteiger partial charge on any atom is 0.299 e. The van der Waals surface area contributed by atoms with Gasteiger partial charge in [-0.2, -0.15) is 17.6 Å². The van der Waals surface area contributed by atoms with Gasteiger partial charge in [-0.3, -0.25) is 0 Å². The fourth-order valence-electron chi connectivity index (χ4n) is 5.58. The summed E-state index contributed by atoms with van der Waals surface area (Å²) < 4.78 is 89.7. The van der Waals surface area contributed by atoms with Crippen molar-refractivity contribution in [3.8, 4) is 44.5 Å². The fourth-order valence-corrected chi connectivity index (χ4v) is 5.58. The van der Waals surface area contributed by atoms with Crippen LogP contribution in [-0.2, 0) is 11.8 Å². The molecule has 0 unspecified atom stereocenters. The van der Waals surface area contributed by atoms with Crippen LogP contribution in [0.4, 0.5) is 26.3 Å². The van der Waals surface area contributed by atoms with Crippen molar-refractivity contribution in [2.45, 2.75) is 11.8 Å². The first-order valence-corrected chi connectivity index (χ1v) is 11.9. The maximum absolute atomic E-state index is 15.8. The highest BCUT2D eigenvalue weighted by molar-refractivity contribution is 5.90. The van der Waals surface area contributed by atoms with E-state index in [0.29, 0.717) is 22.3 Å². The van der Waals surface area contributed by atoms with E-state index in [-0.39, 0.29) is 44.5 Å². The van der Waals surface area contributed by atoms with Crippen LogP contribution in [0.3, 0.4) is 0 Å². The molecule has 0 aromatic heterocycles. The Morgan fingerprint density at radius 2 is 0.658 bits per heavy atom. The van der Waals surface area contributed by atoms with Crippen LogP contribution in [-0.4, -0.2) is 0 Å². The van der Waals surface area contributed by atoms with Crippen molar-refractivity contribution in [3.05, 3.63) is 131 Å². The van der Waals surface area contributed by atoms with Gasteiger partial charge >= 0.3 is 0 Å². The molecular formula is C32H16F6. The first kappa shape index (κ1) is 22.8. The van der Waals surface area contributed by atoms with Crippen LogP contribution < -0.4 is 0 Å². The van der Waals surface area contributed by atoms with Crippen molar-refractivity contribution < 1.29 is 26.3 Å². The molecule has 0 radical (unpaired) electrons. The van der Waals surface area contributed by atoms with E-state index in [1.165, 1.54) is 84.9 Å². The molecule has 2 aliphatic rings. The Morgan fingerprint density at radius 3 is 1.03 bits per heavy atom. The molecule has 6 heteroatoms. The van der Waals surface area contributed by atoms with E-state index in [1.54, 1.807) is 12.1 Å². The summed E-state index contributed by atoms with van der Waals surface area (Å²) in [6, 6.07) is 22.3. The summed E-state index contributed by atoms with van der Waals surface area (Å²) in [7, 11) is 0. The highest BCUT2D eigenvalue weighted by atomic mass is 19.3. The summed E-state index contributed by atoms with van der Waals surface area (Å²) in [6.07, 6.45) is 0. The van der Waals surface area contributed by atoms with Crippen LogP contribution in [0.5, 0.6) is 0 Å². The summed E-state index contributed by atoms with van der Waals surface area (Å²) in [5, 5.41) is 0. The molecule has 0 amide bonds. The normalized spacial score (nSPS) is 15.5. The Bertz CT molecular complexity index is 1630. The SMILES string of the molecule is Fc1ccc(-c2ccc3c(c2)C(F)(F)c2cc4c(cc2-3)C(F)(F)c2cc(-c3ccc(F)cc3)ccc2-4)cc1. The van der Waals surface area contributed by atoms with E-state index in [2.05, 4.69) is 0 Å². The van der Waals surface area contributed by atoms with E-state index in [0.717, 1.165) is 0 Å². The summed E-state index contributed by atoms with van der Waals surface area (Å²) >= 11 is 0. The second-order valence-electron chi connectivity index (χ2n) is 9.63. The van der Waals surface area contributed by atoms with E-state index < -0.39 is 23.5 Å². The maximum atomic E-state index is 15.8. The summed E-state index contributed by atoms with van der Waals surface area (Å²) in [5.74, 6) is -7.68. The van der Waals surface area contributed by atoms with Gasteiger partial charge in [-0.25, -0.2) is 8.78 Å². The van der Waals surface area contributed by atoms with Crippen molar-refractivity contribution in [1.29, 1.82) is 0 Å². The van der Waals surface area contributed by atoms with Crippen molar-refractivity contribution >= 4 is 0 Å². The largest absolute Gasteiger partial charge is 0.299 e. The van der Waals surface area contributed by atoms with E-state index in [9.17, 15) is 8.78 Å². The predicted octanol–water partition coefficient (Wildman–Crippen LogP) is 9.54. The summed E-state index contributed by atoms with van der Waals surface area (Å²) in [5.41, 5.74) is 1.43. The van der Waals surface area contributed by atoms with Crippen LogP contribution in [0.25, 0.3) is 44.5 Å². The molecule has 0 heterocycles. The molecule has 0 spiro atoms. The number of hydrogen-bond donors (Lipinski definition) is 0. The van der Waals surface area contributed by atoms with E-state index >= 15 is 17.6 Å². The summed E-state index contributed by atoms with van der Waals surface area (Å²) in [6.45, 7) is 0. The van der Waals surface area contributed by atoms with Gasteiger partial charge in [0.2, 0.25) is 0 Å². The minimum Gasteiger partial charge on any atom is -0.207 e. The predicted molar refractivity (Wildman–Crippen MR) is 134 cm³/mol. The number of halogens is 6. The fraction of sp³-hybridized carbons (Fsp3) is 0.0625. The van der Waals surface area contributed by atoms with Crippen molar-refractivity contribution in [2.24, 2.45) is 0 Å². The third-order valence-electron chi connectivity index (χ3n) is 7.49. The zero-order valence-corrected chi connectivity index (χ0v) is 19.5. The Kier molecular flexibility index (Phi) is 4.57. The lowest BCUT2D eigenvalue weighted by molar-refractivity contribution is 0.0451. The molecule has 0 bridgehead atoms. The molecule has 5 aromatic carbocycles. The lowest BCUT2D eigenvalue weighted by atomic mass is 9.96. The van der Waals surface area contributed by atoms with Gasteiger partial charge in [-0.15, -0.1) is 0 Å². The number of rotatable bonds is 2. The standard InChI is InChI=1S/C32H16F6/c33-21-7-1-17(2-8-21)19-5-11-23-25-15-30-26(16-29(25)31(35,36)27(23)13-19)24-12-6-20(14-28(24)32(30,37)38)18-3-9-22(34)10-4-18/h1-16H. The van der Waals surface area contributed by atoms with Crippen LogP contribution >= 0.6 is 0 Å². The zero-order valence-electron chi connectivity index (χ0n) is 19.5. The van der Waals surface area contributed by atoms with Gasteiger partial charge in [0.15, 0.2) is 0 Å². The van der Waals surface area contributed by atoms with Gasteiger partial charge in [0.05, 0.1) is 0 Å². The van der Waals surface area contributed by atoms with Gasteiger partial charge < -0.3 is 0 Å². The first-order valence-electron chi connectivity index (χ1n) is 11.9. The summed E-state index contributed by atoms with van der Waals surface area (Å²) in [4.78, 5) is 0. The molecule has 186 valence electrons. The second-order valence-corrected chi connectivity index (χ2v) is 9.63. The van der Waals surface area contributed by atoms with E-state index in [1.807, 2.05) is 0 Å². The Morgan fingerprint density at radius 1 is 0.342 bits per heavy atom. The van der Waals surface area contributed by atoms with Gasteiger partial charge in [-0.1, -0.05) is 48.5 Å². The topological polar surface area (TPSA) is 0 Å². The highest BCUT2D eigenvalue weighted by Gasteiger charge is 2.50. The van der Waals surface area contributed by atoms with Crippen molar-refractivity contribution in [2.75, 3.05) is 0 Å². The molecule has 0 fully saturated rings. The van der Waals surface area contributed by atoms with Gasteiger partial charge in [0.25, 0.3) is 11.8 Å². The molecule has 0 nitrogen and oxygen atoms in total. The molecule has 0 aliphatic heterocycles. The second kappa shape index (κ2) is 7.60. The molecule has 0 saturated heterocycles. The Balaban J connectivity index is 1.36. The lowest BCUT2D eigenvalue weighted by Gasteiger charge is -2.15. The number of hydrogen-bond acceptors (Lipinski definition) is 0. The molecule has 0 atom stereocenters. The van der Waals surface area contributed by atoms with Crippen LogP contribution in [0.1, 0.15) is 22.3 Å². The lowest BCUT2D eigenvalue weighted by Crippen LogP contribution is -2.13. The number of fused-ring (bicyclic) bond motifs is 6. The van der Waals surface area contributed by atoms with Crippen molar-refractivity contribution in [1.82, 2.24) is 0 Å². The molecule has 5 aromatic rings. The number of alkyl halides is 4. The Hall–Kier alpha value is -4.32. The average Bonchev–Trinajstić information content (AvgIpc) is 3.27. The molecule has 2 aliphatic carbocycles. The Labute approximate surface area is 213 Å². The average molecular weight is 514 g/mol. The highest BCUT2D eigenvalue weighted by Crippen LogP contribution is 2.58. The zero-order chi connectivity index (χ0) is 26.4. The molecular weight excluding hydrogens is 498 g/mol. The van der Waals surface area contributed by atoms with Crippen LogP contribution in [0, 0.1) is 11.6 Å². The molecule has 0 N–H and O–H groups in total. The van der Waals surface area contributed by atoms with Gasteiger partial charge in [-0.05, 0) is 93.0 Å². The minimum absolute atomic E-state index is 0.0700.